The van der Waals surface area contributed by atoms with E-state index < -0.39 is 0 Å². The van der Waals surface area contributed by atoms with Crippen LogP contribution in [-0.2, 0) is 4.79 Å². The van der Waals surface area contributed by atoms with E-state index in [1.54, 1.807) is 0 Å². The second kappa shape index (κ2) is 7.93. The molecule has 1 aromatic heterocycles. The summed E-state index contributed by atoms with van der Waals surface area (Å²) >= 11 is 0. The van der Waals surface area contributed by atoms with Crippen LogP contribution in [-0.4, -0.2) is 38.9 Å². The molecule has 1 amide bonds. The van der Waals surface area contributed by atoms with Crippen molar-refractivity contribution in [2.75, 3.05) is 13.1 Å². The van der Waals surface area contributed by atoms with Crippen molar-refractivity contribution in [3.05, 3.63) is 11.9 Å². The SMILES string of the molecule is CCCCCC(=O)N1CCC(n2cc(C3CCCC3)nn2)CC1. The van der Waals surface area contributed by atoms with Crippen molar-refractivity contribution in [1.29, 1.82) is 0 Å². The van der Waals surface area contributed by atoms with E-state index in [2.05, 4.69) is 28.1 Å². The Morgan fingerprint density at radius 2 is 1.91 bits per heavy atom. The summed E-state index contributed by atoms with van der Waals surface area (Å²) in [5.74, 6) is 0.964. The van der Waals surface area contributed by atoms with Gasteiger partial charge >= 0.3 is 0 Å². The summed E-state index contributed by atoms with van der Waals surface area (Å²) < 4.78 is 2.06. The van der Waals surface area contributed by atoms with Crippen molar-refractivity contribution in [3.8, 4) is 0 Å². The van der Waals surface area contributed by atoms with E-state index in [0.717, 1.165) is 38.8 Å². The molecule has 2 heterocycles. The molecule has 0 spiro atoms. The minimum absolute atomic E-state index is 0.335. The molecular formula is C18H30N4O. The molecule has 1 saturated heterocycles. The number of hydrogen-bond acceptors (Lipinski definition) is 3. The molecule has 0 aromatic carbocycles. The molecule has 0 atom stereocenters. The zero-order valence-corrected chi connectivity index (χ0v) is 14.4. The van der Waals surface area contributed by atoms with Crippen LogP contribution in [0.15, 0.2) is 6.20 Å². The Morgan fingerprint density at radius 3 is 2.61 bits per heavy atom. The van der Waals surface area contributed by atoms with Crippen LogP contribution in [0.5, 0.6) is 0 Å². The highest BCUT2D eigenvalue weighted by Crippen LogP contribution is 2.33. The Kier molecular flexibility index (Phi) is 5.68. The van der Waals surface area contributed by atoms with Gasteiger partial charge in [0.25, 0.3) is 0 Å². The minimum atomic E-state index is 0.335. The van der Waals surface area contributed by atoms with Gasteiger partial charge in [-0.2, -0.15) is 0 Å². The molecule has 1 aliphatic heterocycles. The van der Waals surface area contributed by atoms with Gasteiger partial charge in [-0.15, -0.1) is 5.10 Å². The largest absolute Gasteiger partial charge is 0.343 e. The van der Waals surface area contributed by atoms with Gasteiger partial charge in [0.1, 0.15) is 0 Å². The van der Waals surface area contributed by atoms with Gasteiger partial charge in [0.15, 0.2) is 0 Å². The quantitative estimate of drug-likeness (QED) is 0.752. The van der Waals surface area contributed by atoms with Gasteiger partial charge in [-0.3, -0.25) is 4.79 Å². The van der Waals surface area contributed by atoms with Crippen LogP contribution in [0, 0.1) is 0 Å². The van der Waals surface area contributed by atoms with Crippen LogP contribution in [0.3, 0.4) is 0 Å². The van der Waals surface area contributed by atoms with Crippen LogP contribution in [0.4, 0.5) is 0 Å². The average molecular weight is 318 g/mol. The summed E-state index contributed by atoms with van der Waals surface area (Å²) in [7, 11) is 0. The Morgan fingerprint density at radius 1 is 1.17 bits per heavy atom. The zero-order valence-electron chi connectivity index (χ0n) is 14.4. The lowest BCUT2D eigenvalue weighted by Gasteiger charge is -2.32. The van der Waals surface area contributed by atoms with E-state index in [4.69, 9.17) is 0 Å². The van der Waals surface area contributed by atoms with Crippen molar-refractivity contribution < 1.29 is 4.79 Å². The van der Waals surface area contributed by atoms with Crippen molar-refractivity contribution in [3.63, 3.8) is 0 Å². The third-order valence-electron chi connectivity index (χ3n) is 5.49. The van der Waals surface area contributed by atoms with Gasteiger partial charge in [-0.05, 0) is 32.1 Å². The van der Waals surface area contributed by atoms with Gasteiger partial charge in [-0.25, -0.2) is 4.68 Å². The maximum Gasteiger partial charge on any atom is 0.222 e. The van der Waals surface area contributed by atoms with Crippen molar-refractivity contribution in [2.45, 2.75) is 83.1 Å². The number of nitrogens with zero attached hydrogens (tertiary/aromatic N) is 4. The van der Waals surface area contributed by atoms with Crippen LogP contribution in [0.1, 0.15) is 88.8 Å². The number of carbonyl (C=O) groups excluding carboxylic acids is 1. The summed E-state index contributed by atoms with van der Waals surface area (Å²) in [4.78, 5) is 14.2. The summed E-state index contributed by atoms with van der Waals surface area (Å²) in [5, 5.41) is 8.79. The summed E-state index contributed by atoms with van der Waals surface area (Å²) in [5.41, 5.74) is 1.18. The number of rotatable bonds is 6. The number of unbranched alkanes of at least 4 members (excludes halogenated alkanes) is 2. The number of aromatic nitrogens is 3. The van der Waals surface area contributed by atoms with Gasteiger partial charge in [0.2, 0.25) is 5.91 Å². The van der Waals surface area contributed by atoms with Crippen LogP contribution in [0.2, 0.25) is 0 Å². The fourth-order valence-electron chi connectivity index (χ4n) is 3.94. The molecular weight excluding hydrogens is 288 g/mol. The first kappa shape index (κ1) is 16.5. The first-order valence-electron chi connectivity index (χ1n) is 9.47. The molecule has 0 unspecified atom stereocenters. The van der Waals surface area contributed by atoms with E-state index in [1.165, 1.54) is 37.8 Å². The lowest BCUT2D eigenvalue weighted by molar-refractivity contribution is -0.132. The molecule has 5 heteroatoms. The molecule has 5 nitrogen and oxygen atoms in total. The predicted octanol–water partition coefficient (Wildman–Crippen LogP) is 3.68. The number of carbonyl (C=O) groups is 1. The molecule has 2 aliphatic rings. The number of hydrogen-bond donors (Lipinski definition) is 0. The van der Waals surface area contributed by atoms with E-state index in [1.807, 2.05) is 4.90 Å². The number of piperidine rings is 1. The molecule has 128 valence electrons. The average Bonchev–Trinajstić information content (AvgIpc) is 3.26. The lowest BCUT2D eigenvalue weighted by Crippen LogP contribution is -2.39. The number of likely N-dealkylation sites (tertiary alicyclic amines) is 1. The van der Waals surface area contributed by atoms with Gasteiger partial charge in [-0.1, -0.05) is 37.8 Å². The molecule has 1 aliphatic carbocycles. The molecule has 23 heavy (non-hydrogen) atoms. The summed E-state index contributed by atoms with van der Waals surface area (Å²) in [6, 6.07) is 0.414. The first-order chi connectivity index (χ1) is 11.3. The minimum Gasteiger partial charge on any atom is -0.343 e. The van der Waals surface area contributed by atoms with E-state index in [9.17, 15) is 4.79 Å². The highest BCUT2D eigenvalue weighted by molar-refractivity contribution is 5.76. The van der Waals surface area contributed by atoms with Crippen molar-refractivity contribution in [1.82, 2.24) is 19.9 Å². The molecule has 1 aromatic rings. The Balaban J connectivity index is 1.48. The molecule has 3 rings (SSSR count). The standard InChI is InChI=1S/C18H30N4O/c1-2-3-4-9-18(23)21-12-10-16(11-13-21)22-14-17(19-20-22)15-7-5-6-8-15/h14-16H,2-13H2,1H3. The van der Waals surface area contributed by atoms with Crippen molar-refractivity contribution in [2.24, 2.45) is 0 Å². The van der Waals surface area contributed by atoms with E-state index in [-0.39, 0.29) is 0 Å². The molecule has 0 N–H and O–H groups in total. The lowest BCUT2D eigenvalue weighted by atomic mass is 10.0. The van der Waals surface area contributed by atoms with E-state index >= 15 is 0 Å². The monoisotopic (exact) mass is 318 g/mol. The summed E-state index contributed by atoms with van der Waals surface area (Å²) in [6.45, 7) is 3.91. The molecule has 0 radical (unpaired) electrons. The zero-order chi connectivity index (χ0) is 16.1. The van der Waals surface area contributed by atoms with Gasteiger partial charge in [0, 0.05) is 31.6 Å². The Bertz CT molecular complexity index is 499. The maximum absolute atomic E-state index is 12.2. The fourth-order valence-corrected chi connectivity index (χ4v) is 3.94. The molecule has 2 fully saturated rings. The highest BCUT2D eigenvalue weighted by Gasteiger charge is 2.26. The molecule has 0 bridgehead atoms. The normalized spacial score (nSPS) is 20.3. The fraction of sp³-hybridized carbons (Fsp3) is 0.833. The summed E-state index contributed by atoms with van der Waals surface area (Å²) in [6.07, 6.45) is 13.4. The van der Waals surface area contributed by atoms with Crippen LogP contribution >= 0.6 is 0 Å². The van der Waals surface area contributed by atoms with E-state index in [0.29, 0.717) is 24.3 Å². The number of amides is 1. The van der Waals surface area contributed by atoms with Gasteiger partial charge < -0.3 is 4.90 Å². The van der Waals surface area contributed by atoms with Gasteiger partial charge in [0.05, 0.1) is 11.7 Å². The predicted molar refractivity (Wildman–Crippen MR) is 90.2 cm³/mol. The third kappa shape index (κ3) is 4.12. The highest BCUT2D eigenvalue weighted by atomic mass is 16.2. The molecule has 1 saturated carbocycles. The van der Waals surface area contributed by atoms with Crippen molar-refractivity contribution >= 4 is 5.91 Å². The smallest absolute Gasteiger partial charge is 0.222 e. The second-order valence-corrected chi connectivity index (χ2v) is 7.17. The van der Waals surface area contributed by atoms with Crippen LogP contribution < -0.4 is 0 Å². The Labute approximate surface area is 139 Å². The third-order valence-corrected chi connectivity index (χ3v) is 5.49. The second-order valence-electron chi connectivity index (χ2n) is 7.17. The first-order valence-corrected chi connectivity index (χ1v) is 9.47. The maximum atomic E-state index is 12.2. The topological polar surface area (TPSA) is 51.0 Å². The van der Waals surface area contributed by atoms with Crippen LogP contribution in [0.25, 0.3) is 0 Å². The Hall–Kier alpha value is -1.39.